The molecular weight excluding hydrogens is 805 g/mol. The van der Waals surface area contributed by atoms with Crippen LogP contribution in [-0.2, 0) is 9.31 Å². The van der Waals surface area contributed by atoms with E-state index in [1.54, 1.807) is 0 Å². The van der Waals surface area contributed by atoms with E-state index in [1.807, 2.05) is 0 Å². The molecule has 3 aromatic rings. The SMILES string of the molecule is Cc1cc(C2CC2)ccc1B1OC(C)(C)C(C)(C)O1.Cc1cc(C2CC2)ccc1Br.Cc1cc(I)ccc1Br.OB(O)C1CC1. The van der Waals surface area contributed by atoms with Crippen LogP contribution in [0.3, 0.4) is 0 Å². The fraction of sp³-hybridized carbons (Fsp3) is 0.500. The molecule has 0 spiro atoms. The summed E-state index contributed by atoms with van der Waals surface area (Å²) in [7, 11) is -1.27. The average molecular weight is 852 g/mol. The predicted molar refractivity (Wildman–Crippen MR) is 204 cm³/mol. The summed E-state index contributed by atoms with van der Waals surface area (Å²) in [5.41, 5.74) is 7.56. The third-order valence-corrected chi connectivity index (χ3v) is 11.7. The van der Waals surface area contributed by atoms with Crippen LogP contribution in [0.25, 0.3) is 0 Å². The van der Waals surface area contributed by atoms with Crippen molar-refractivity contribution in [1.82, 2.24) is 0 Å². The number of halogens is 3. The summed E-state index contributed by atoms with van der Waals surface area (Å²) in [5, 5.41) is 16.5. The molecule has 4 aliphatic rings. The molecule has 1 aliphatic heterocycles. The Balaban J connectivity index is 0.000000150. The van der Waals surface area contributed by atoms with Gasteiger partial charge in [-0.2, -0.15) is 0 Å². The maximum atomic E-state index is 8.25. The highest BCUT2D eigenvalue weighted by atomic mass is 127. The van der Waals surface area contributed by atoms with Crippen LogP contribution in [0.1, 0.15) is 106 Å². The number of rotatable bonds is 4. The Hall–Kier alpha value is -0.680. The summed E-state index contributed by atoms with van der Waals surface area (Å²) in [6.45, 7) is 14.8. The Morgan fingerprint density at radius 1 is 0.689 bits per heavy atom. The second kappa shape index (κ2) is 15.7. The topological polar surface area (TPSA) is 58.9 Å². The molecule has 0 aromatic heterocycles. The van der Waals surface area contributed by atoms with Crippen LogP contribution in [0.4, 0.5) is 0 Å². The number of benzene rings is 3. The summed E-state index contributed by atoms with van der Waals surface area (Å²) in [5.74, 6) is 1.89. The van der Waals surface area contributed by atoms with Crippen LogP contribution in [0, 0.1) is 24.3 Å². The van der Waals surface area contributed by atoms with Crippen LogP contribution in [0.2, 0.25) is 5.82 Å². The van der Waals surface area contributed by atoms with Gasteiger partial charge >= 0.3 is 14.2 Å². The standard InChI is InChI=1S/C16H23BO2.C10H11Br.C7H6BrI.C3H7BO2/c1-11-10-13(12-6-7-12)8-9-14(11)17-18-15(2,3)16(4,5)19-17;1-7-6-9(8-2-3-8)4-5-10(7)11;1-5-4-6(9)2-3-7(5)8;5-4(6)3-1-2-3/h8-10,12H,6-7H2,1-5H3;4-6,8H,2-3H2,1H3;2-4H,1H3;3,5-6H,1-2H2. The molecule has 4 fully saturated rings. The van der Waals surface area contributed by atoms with Gasteiger partial charge in [0.25, 0.3) is 0 Å². The lowest BCUT2D eigenvalue weighted by molar-refractivity contribution is 0.00578. The highest BCUT2D eigenvalue weighted by Gasteiger charge is 2.52. The van der Waals surface area contributed by atoms with E-state index in [-0.39, 0.29) is 24.1 Å². The number of aryl methyl sites for hydroxylation is 3. The minimum absolute atomic E-state index is 0.213. The summed E-state index contributed by atoms with van der Waals surface area (Å²) in [4.78, 5) is 0. The van der Waals surface area contributed by atoms with Gasteiger partial charge in [0, 0.05) is 12.5 Å². The zero-order valence-corrected chi connectivity index (χ0v) is 33.0. The van der Waals surface area contributed by atoms with Crippen LogP contribution < -0.4 is 5.46 Å². The van der Waals surface area contributed by atoms with E-state index < -0.39 is 7.12 Å². The van der Waals surface area contributed by atoms with Gasteiger partial charge in [0.15, 0.2) is 0 Å². The van der Waals surface area contributed by atoms with Crippen LogP contribution in [-0.4, -0.2) is 35.5 Å². The first-order chi connectivity index (χ1) is 21.1. The lowest BCUT2D eigenvalue weighted by Crippen LogP contribution is -2.41. The molecular formula is C36H47B2Br2IO4. The second-order valence-corrected chi connectivity index (χ2v) is 16.9. The smallest absolute Gasteiger partial charge is 0.427 e. The molecule has 1 saturated heterocycles. The summed E-state index contributed by atoms with van der Waals surface area (Å²) in [6.07, 6.45) is 7.46. The second-order valence-electron chi connectivity index (χ2n) is 13.9. The molecule has 7 rings (SSSR count). The van der Waals surface area contributed by atoms with E-state index in [2.05, 4.69) is 158 Å². The third-order valence-electron chi connectivity index (χ3n) is 9.24. The molecule has 3 aromatic carbocycles. The quantitative estimate of drug-likeness (QED) is 0.203. The van der Waals surface area contributed by atoms with E-state index in [1.165, 1.54) is 71.5 Å². The molecule has 45 heavy (non-hydrogen) atoms. The maximum absolute atomic E-state index is 8.25. The van der Waals surface area contributed by atoms with E-state index in [4.69, 9.17) is 19.4 Å². The molecule has 4 nitrogen and oxygen atoms in total. The van der Waals surface area contributed by atoms with Gasteiger partial charge in [-0.05, 0) is 166 Å². The first-order valence-electron chi connectivity index (χ1n) is 16.1. The van der Waals surface area contributed by atoms with Crippen molar-refractivity contribution in [3.63, 3.8) is 0 Å². The zero-order valence-electron chi connectivity index (χ0n) is 27.7. The minimum atomic E-state index is -1.04. The maximum Gasteiger partial charge on any atom is 0.495 e. The monoisotopic (exact) mass is 850 g/mol. The number of hydrogen-bond donors (Lipinski definition) is 2. The van der Waals surface area contributed by atoms with Crippen molar-refractivity contribution in [3.05, 3.63) is 94.9 Å². The Kier molecular flexibility index (Phi) is 13.0. The fourth-order valence-corrected chi connectivity index (χ4v) is 6.09. The molecule has 0 bridgehead atoms. The fourth-order valence-electron chi connectivity index (χ4n) is 4.94. The van der Waals surface area contributed by atoms with E-state index in [9.17, 15) is 0 Å². The van der Waals surface area contributed by atoms with Crippen molar-refractivity contribution in [3.8, 4) is 0 Å². The van der Waals surface area contributed by atoms with Gasteiger partial charge in [-0.15, -0.1) is 0 Å². The third kappa shape index (κ3) is 10.9. The van der Waals surface area contributed by atoms with E-state index in [0.29, 0.717) is 0 Å². The Morgan fingerprint density at radius 3 is 1.49 bits per heavy atom. The molecule has 1 heterocycles. The minimum Gasteiger partial charge on any atom is -0.427 e. The van der Waals surface area contributed by atoms with Crippen LogP contribution in [0.5, 0.6) is 0 Å². The van der Waals surface area contributed by atoms with Crippen molar-refractivity contribution in [1.29, 1.82) is 0 Å². The van der Waals surface area contributed by atoms with Gasteiger partial charge in [0.2, 0.25) is 0 Å². The number of hydrogen-bond acceptors (Lipinski definition) is 4. The molecule has 9 heteroatoms. The molecule has 0 unspecified atom stereocenters. The summed E-state index contributed by atoms with van der Waals surface area (Å²) >= 11 is 9.23. The largest absolute Gasteiger partial charge is 0.495 e. The van der Waals surface area contributed by atoms with Crippen LogP contribution >= 0.6 is 54.5 Å². The average Bonchev–Trinajstić information content (AvgIpc) is 3.82. The molecule has 2 N–H and O–H groups in total. The van der Waals surface area contributed by atoms with Gasteiger partial charge in [0.1, 0.15) is 0 Å². The van der Waals surface area contributed by atoms with Crippen molar-refractivity contribution in [2.45, 2.75) is 116 Å². The van der Waals surface area contributed by atoms with E-state index >= 15 is 0 Å². The Bertz CT molecular complexity index is 1440. The lowest BCUT2D eigenvalue weighted by atomic mass is 9.75. The van der Waals surface area contributed by atoms with Crippen molar-refractivity contribution >= 4 is 74.2 Å². The van der Waals surface area contributed by atoms with Gasteiger partial charge in [-0.1, -0.05) is 80.6 Å². The van der Waals surface area contributed by atoms with E-state index in [0.717, 1.165) is 24.7 Å². The summed E-state index contributed by atoms with van der Waals surface area (Å²) in [6, 6.07) is 19.7. The zero-order chi connectivity index (χ0) is 33.1. The normalized spacial score (nSPS) is 19.3. The van der Waals surface area contributed by atoms with Gasteiger partial charge < -0.3 is 19.4 Å². The van der Waals surface area contributed by atoms with Crippen molar-refractivity contribution in [2.75, 3.05) is 0 Å². The first kappa shape index (κ1) is 37.1. The lowest BCUT2D eigenvalue weighted by Gasteiger charge is -2.32. The molecule has 242 valence electrons. The Labute approximate surface area is 302 Å². The molecule has 0 radical (unpaired) electrons. The highest BCUT2D eigenvalue weighted by molar-refractivity contribution is 14.1. The van der Waals surface area contributed by atoms with Gasteiger partial charge in [-0.25, -0.2) is 0 Å². The van der Waals surface area contributed by atoms with Crippen molar-refractivity contribution < 1.29 is 19.4 Å². The van der Waals surface area contributed by atoms with Gasteiger partial charge in [0.05, 0.1) is 11.2 Å². The van der Waals surface area contributed by atoms with Crippen molar-refractivity contribution in [2.24, 2.45) is 0 Å². The molecule has 3 aliphatic carbocycles. The summed E-state index contributed by atoms with van der Waals surface area (Å²) < 4.78 is 15.9. The highest BCUT2D eigenvalue weighted by Crippen LogP contribution is 2.42. The predicted octanol–water partition coefficient (Wildman–Crippen LogP) is 9.79. The van der Waals surface area contributed by atoms with Gasteiger partial charge in [-0.3, -0.25) is 0 Å². The molecule has 0 amide bonds. The molecule has 3 saturated carbocycles. The molecule has 0 atom stereocenters. The van der Waals surface area contributed by atoms with Crippen LogP contribution in [0.15, 0.2) is 63.5 Å². The first-order valence-corrected chi connectivity index (χ1v) is 18.7. The Morgan fingerprint density at radius 2 is 1.13 bits per heavy atom.